The highest BCUT2D eigenvalue weighted by Gasteiger charge is 2.31. The maximum atomic E-state index is 6.06. The first-order valence-electron chi connectivity index (χ1n) is 16.7. The number of hydrogen-bond donors (Lipinski definition) is 0. The second-order valence-electron chi connectivity index (χ2n) is 12.0. The van der Waals surface area contributed by atoms with Crippen LogP contribution in [0.15, 0.2) is 154 Å². The predicted molar refractivity (Wildman–Crippen MR) is 203 cm³/mol. The molecule has 244 valence electrons. The van der Waals surface area contributed by atoms with Crippen molar-refractivity contribution in [3.05, 3.63) is 165 Å². The molecule has 0 saturated heterocycles. The summed E-state index contributed by atoms with van der Waals surface area (Å²) in [4.78, 5) is 2.64. The van der Waals surface area contributed by atoms with Gasteiger partial charge in [0, 0.05) is 29.0 Å². The maximum Gasteiger partial charge on any atom is 0.119 e. The Labute approximate surface area is 295 Å². The van der Waals surface area contributed by atoms with Crippen molar-refractivity contribution < 1.29 is 9.47 Å². The molecule has 0 spiro atoms. The fourth-order valence-corrected chi connectivity index (χ4v) is 7.96. The normalized spacial score (nSPS) is 17.2. The van der Waals surface area contributed by atoms with Crippen LogP contribution >= 0.6 is 22.7 Å². The van der Waals surface area contributed by atoms with Gasteiger partial charge >= 0.3 is 0 Å². The number of para-hydroxylation sites is 2. The van der Waals surface area contributed by atoms with Crippen molar-refractivity contribution in [3.8, 4) is 11.5 Å². The van der Waals surface area contributed by atoms with Gasteiger partial charge in [-0.25, -0.2) is 0 Å². The number of nitrogens with zero attached hydrogens (tertiary/aromatic N) is 4. The molecule has 0 radical (unpaired) electrons. The van der Waals surface area contributed by atoms with E-state index < -0.39 is 0 Å². The van der Waals surface area contributed by atoms with Crippen LogP contribution in [0.1, 0.15) is 52.2 Å². The zero-order valence-electron chi connectivity index (χ0n) is 27.0. The fraction of sp³-hybridized carbons (Fsp3) is 0.171. The highest BCUT2D eigenvalue weighted by Crippen LogP contribution is 2.40. The summed E-state index contributed by atoms with van der Waals surface area (Å²) in [5.74, 6) is 1.70. The summed E-state index contributed by atoms with van der Waals surface area (Å²) >= 11 is 3.57. The molecule has 0 bridgehead atoms. The number of thiophene rings is 2. The monoisotopic (exact) mass is 680 g/mol. The van der Waals surface area contributed by atoms with E-state index in [1.807, 2.05) is 36.4 Å². The van der Waals surface area contributed by atoms with E-state index in [4.69, 9.17) is 19.7 Å². The van der Waals surface area contributed by atoms with Crippen molar-refractivity contribution >= 4 is 45.5 Å². The Morgan fingerprint density at radius 1 is 0.510 bits per heavy atom. The maximum absolute atomic E-state index is 6.06. The number of benzene rings is 4. The van der Waals surface area contributed by atoms with E-state index in [0.29, 0.717) is 13.2 Å². The average Bonchev–Trinajstić information content (AvgIpc) is 4.00. The van der Waals surface area contributed by atoms with E-state index in [0.717, 1.165) is 64.7 Å². The summed E-state index contributed by atoms with van der Waals surface area (Å²) in [6.07, 6.45) is 2.51. The highest BCUT2D eigenvalue weighted by atomic mass is 32.1. The third kappa shape index (κ3) is 7.02. The van der Waals surface area contributed by atoms with Gasteiger partial charge in [-0.05, 0) is 107 Å². The van der Waals surface area contributed by atoms with Crippen LogP contribution < -0.4 is 19.5 Å². The lowest BCUT2D eigenvalue weighted by molar-refractivity contribution is 0.247. The van der Waals surface area contributed by atoms with Crippen LogP contribution in [0.5, 0.6) is 11.5 Å². The fourth-order valence-electron chi connectivity index (χ4n) is 6.34. The molecule has 8 heteroatoms. The first kappa shape index (κ1) is 31.1. The standard InChI is InChI=1S/C41H36N4O2S2/c1-3-10-32(11-4-1)44-38(40-14-7-26-48-40)28-36(42-44)30-16-20-34(21-17-30)46-24-9-25-47-35-22-18-31(19-23-35)37-29-39(41-15-8-27-49-41)45(43-37)33-12-5-2-6-13-33/h1-8,10-23,26-27,38-39H,9,24-25,28-29H2/t38-,39+. The summed E-state index contributed by atoms with van der Waals surface area (Å²) in [7, 11) is 0. The largest absolute Gasteiger partial charge is 0.493 e. The highest BCUT2D eigenvalue weighted by molar-refractivity contribution is 7.10. The predicted octanol–water partition coefficient (Wildman–Crippen LogP) is 10.4. The first-order valence-corrected chi connectivity index (χ1v) is 18.4. The Morgan fingerprint density at radius 2 is 0.939 bits per heavy atom. The van der Waals surface area contributed by atoms with Crippen LogP contribution in [-0.2, 0) is 0 Å². The molecule has 6 aromatic rings. The molecule has 6 nitrogen and oxygen atoms in total. The molecule has 0 amide bonds. The van der Waals surface area contributed by atoms with Gasteiger partial charge in [0.05, 0.1) is 48.1 Å². The topological polar surface area (TPSA) is 49.7 Å². The molecule has 0 aliphatic carbocycles. The molecule has 2 aromatic heterocycles. The van der Waals surface area contributed by atoms with Gasteiger partial charge in [-0.3, -0.25) is 10.0 Å². The molecular weight excluding hydrogens is 645 g/mol. The average molecular weight is 681 g/mol. The second-order valence-corrected chi connectivity index (χ2v) is 14.0. The van der Waals surface area contributed by atoms with Gasteiger partial charge in [-0.1, -0.05) is 48.5 Å². The number of anilines is 2. The molecule has 0 saturated carbocycles. The molecular formula is C41H36N4O2S2. The molecule has 2 aliphatic heterocycles. The van der Waals surface area contributed by atoms with E-state index in [9.17, 15) is 0 Å². The second kappa shape index (κ2) is 14.5. The quantitative estimate of drug-likeness (QED) is 0.121. The molecule has 2 atom stereocenters. The van der Waals surface area contributed by atoms with Crippen molar-refractivity contribution in [1.82, 2.24) is 0 Å². The molecule has 0 fully saturated rings. The van der Waals surface area contributed by atoms with Crippen molar-refractivity contribution in [2.45, 2.75) is 31.3 Å². The van der Waals surface area contributed by atoms with Crippen LogP contribution in [0, 0.1) is 0 Å². The van der Waals surface area contributed by atoms with Crippen molar-refractivity contribution in [3.63, 3.8) is 0 Å². The van der Waals surface area contributed by atoms with E-state index in [-0.39, 0.29) is 12.1 Å². The number of hydrogen-bond acceptors (Lipinski definition) is 8. The lowest BCUT2D eigenvalue weighted by atomic mass is 10.0. The van der Waals surface area contributed by atoms with Gasteiger partial charge in [0.15, 0.2) is 0 Å². The molecule has 8 rings (SSSR count). The third-order valence-corrected chi connectivity index (χ3v) is 10.8. The van der Waals surface area contributed by atoms with Crippen LogP contribution in [-0.4, -0.2) is 24.6 Å². The Kier molecular flexibility index (Phi) is 9.22. The molecule has 0 N–H and O–H groups in total. The van der Waals surface area contributed by atoms with Crippen molar-refractivity contribution in [2.24, 2.45) is 10.2 Å². The van der Waals surface area contributed by atoms with Gasteiger partial charge in [0.25, 0.3) is 0 Å². The lowest BCUT2D eigenvalue weighted by Gasteiger charge is -2.22. The summed E-state index contributed by atoms with van der Waals surface area (Å²) < 4.78 is 12.1. The minimum Gasteiger partial charge on any atom is -0.493 e. The Morgan fingerprint density at radius 3 is 1.33 bits per heavy atom. The van der Waals surface area contributed by atoms with Gasteiger partial charge in [0.1, 0.15) is 11.5 Å². The zero-order chi connectivity index (χ0) is 32.8. The van der Waals surface area contributed by atoms with E-state index >= 15 is 0 Å². The summed E-state index contributed by atoms with van der Waals surface area (Å²) in [6.45, 7) is 1.16. The van der Waals surface area contributed by atoms with E-state index in [2.05, 4.69) is 118 Å². The minimum absolute atomic E-state index is 0.203. The van der Waals surface area contributed by atoms with E-state index in [1.165, 1.54) is 9.75 Å². The van der Waals surface area contributed by atoms with Crippen LogP contribution in [0.3, 0.4) is 0 Å². The lowest BCUT2D eigenvalue weighted by Crippen LogP contribution is -2.17. The zero-order valence-corrected chi connectivity index (χ0v) is 28.6. The number of ether oxygens (including phenoxy) is 2. The van der Waals surface area contributed by atoms with Gasteiger partial charge in [0.2, 0.25) is 0 Å². The Bertz CT molecular complexity index is 1850. The molecule has 4 heterocycles. The number of hydrazone groups is 2. The smallest absolute Gasteiger partial charge is 0.119 e. The Balaban J connectivity index is 0.832. The molecule has 2 aliphatic rings. The van der Waals surface area contributed by atoms with Gasteiger partial charge in [-0.2, -0.15) is 10.2 Å². The van der Waals surface area contributed by atoms with Crippen LogP contribution in [0.2, 0.25) is 0 Å². The van der Waals surface area contributed by atoms with Crippen molar-refractivity contribution in [2.75, 3.05) is 23.2 Å². The van der Waals surface area contributed by atoms with E-state index in [1.54, 1.807) is 22.7 Å². The SMILES string of the molecule is c1ccc(N2N=C(c3ccc(OCCCOc4ccc(C5=NN(c6ccccc6)[C@H](c6cccs6)C5)cc4)cc3)C[C@@H]2c2cccs2)cc1. The third-order valence-electron chi connectivity index (χ3n) is 8.81. The minimum atomic E-state index is 0.203. The summed E-state index contributed by atoms with van der Waals surface area (Å²) in [6, 6.07) is 46.5. The van der Waals surface area contributed by atoms with Crippen LogP contribution in [0.4, 0.5) is 11.4 Å². The first-order chi connectivity index (χ1) is 24.3. The van der Waals surface area contributed by atoms with Crippen molar-refractivity contribution in [1.29, 1.82) is 0 Å². The van der Waals surface area contributed by atoms with Crippen LogP contribution in [0.25, 0.3) is 0 Å². The number of rotatable bonds is 12. The summed E-state index contributed by atoms with van der Waals surface area (Å²) in [5.41, 5.74) is 6.63. The molecule has 0 unspecified atom stereocenters. The summed E-state index contributed by atoms with van der Waals surface area (Å²) in [5, 5.41) is 18.7. The Hall–Kier alpha value is -5.18. The molecule has 4 aromatic carbocycles. The van der Waals surface area contributed by atoms with Gasteiger partial charge in [-0.15, -0.1) is 22.7 Å². The molecule has 49 heavy (non-hydrogen) atoms. The van der Waals surface area contributed by atoms with Gasteiger partial charge < -0.3 is 9.47 Å².